The van der Waals surface area contributed by atoms with Gasteiger partial charge in [-0.2, -0.15) is 0 Å². The van der Waals surface area contributed by atoms with Crippen molar-refractivity contribution in [2.75, 3.05) is 0 Å². The van der Waals surface area contributed by atoms with Gasteiger partial charge in [-0.3, -0.25) is 5.41 Å². The summed E-state index contributed by atoms with van der Waals surface area (Å²) in [4.78, 5) is 0. The standard InChI is InChI=1S/C12H16N2O/c1-11(2)7-12(11,10(13)14)8-4-3-5-9(15)6-8/h3-6,15H,7H2,1-2H3,(H3,13,14). The maximum Gasteiger partial charge on any atom is 0.115 e. The van der Waals surface area contributed by atoms with E-state index in [0.29, 0.717) is 0 Å². The molecule has 0 aliphatic heterocycles. The minimum atomic E-state index is -0.369. The van der Waals surface area contributed by atoms with Crippen molar-refractivity contribution in [2.24, 2.45) is 11.1 Å². The van der Waals surface area contributed by atoms with Gasteiger partial charge in [-0.15, -0.1) is 0 Å². The molecule has 3 nitrogen and oxygen atoms in total. The molecule has 2 rings (SSSR count). The van der Waals surface area contributed by atoms with Crippen molar-refractivity contribution in [2.45, 2.75) is 25.7 Å². The molecule has 0 aromatic heterocycles. The molecule has 3 heteroatoms. The zero-order chi connectivity index (χ0) is 11.3. The third kappa shape index (κ3) is 1.23. The molecule has 1 atom stereocenters. The van der Waals surface area contributed by atoms with Gasteiger partial charge in [-0.25, -0.2) is 0 Å². The molecule has 4 N–H and O–H groups in total. The third-order valence-electron chi connectivity index (χ3n) is 3.54. The molecule has 15 heavy (non-hydrogen) atoms. The van der Waals surface area contributed by atoms with E-state index < -0.39 is 0 Å². The second-order valence-electron chi connectivity index (χ2n) is 4.93. The van der Waals surface area contributed by atoms with E-state index in [1.807, 2.05) is 6.07 Å². The number of nitrogens with one attached hydrogen (secondary N) is 1. The lowest BCUT2D eigenvalue weighted by molar-refractivity contribution is 0.473. The van der Waals surface area contributed by atoms with Gasteiger partial charge in [0.25, 0.3) is 0 Å². The lowest BCUT2D eigenvalue weighted by Crippen LogP contribution is -2.32. The van der Waals surface area contributed by atoms with Crippen molar-refractivity contribution < 1.29 is 5.11 Å². The lowest BCUT2D eigenvalue weighted by atomic mass is 9.87. The van der Waals surface area contributed by atoms with Crippen molar-refractivity contribution >= 4 is 5.84 Å². The van der Waals surface area contributed by atoms with Crippen molar-refractivity contribution in [1.82, 2.24) is 0 Å². The van der Waals surface area contributed by atoms with E-state index >= 15 is 0 Å². The van der Waals surface area contributed by atoms with Gasteiger partial charge in [-0.05, 0) is 29.5 Å². The molecule has 1 aromatic carbocycles. The van der Waals surface area contributed by atoms with Gasteiger partial charge >= 0.3 is 0 Å². The fourth-order valence-electron chi connectivity index (χ4n) is 2.50. The largest absolute Gasteiger partial charge is 0.508 e. The Balaban J connectivity index is 2.50. The summed E-state index contributed by atoms with van der Waals surface area (Å²) in [6.45, 7) is 4.19. The number of amidine groups is 1. The van der Waals surface area contributed by atoms with Crippen LogP contribution in [0, 0.1) is 10.8 Å². The van der Waals surface area contributed by atoms with E-state index in [9.17, 15) is 5.11 Å². The first kappa shape index (κ1) is 10.0. The molecule has 1 aromatic rings. The first-order valence-corrected chi connectivity index (χ1v) is 5.04. The summed E-state index contributed by atoms with van der Waals surface area (Å²) in [5.74, 6) is 0.425. The Bertz CT molecular complexity index is 425. The van der Waals surface area contributed by atoms with Crippen LogP contribution in [0.5, 0.6) is 5.75 Å². The molecule has 0 bridgehead atoms. The highest BCUT2D eigenvalue weighted by atomic mass is 16.3. The number of phenols is 1. The van der Waals surface area contributed by atoms with Gasteiger partial charge in [0.1, 0.15) is 11.6 Å². The topological polar surface area (TPSA) is 70.1 Å². The van der Waals surface area contributed by atoms with E-state index in [4.69, 9.17) is 11.1 Å². The monoisotopic (exact) mass is 204 g/mol. The van der Waals surface area contributed by atoms with Crippen LogP contribution >= 0.6 is 0 Å². The van der Waals surface area contributed by atoms with Gasteiger partial charge in [0.15, 0.2) is 0 Å². The highest BCUT2D eigenvalue weighted by Gasteiger charge is 2.64. The number of hydrogen-bond acceptors (Lipinski definition) is 2. The smallest absolute Gasteiger partial charge is 0.115 e. The van der Waals surface area contributed by atoms with Gasteiger partial charge in [0.05, 0.1) is 5.41 Å². The predicted molar refractivity (Wildman–Crippen MR) is 60.1 cm³/mol. The van der Waals surface area contributed by atoms with E-state index in [1.165, 1.54) is 0 Å². The Labute approximate surface area is 89.4 Å². The zero-order valence-corrected chi connectivity index (χ0v) is 9.04. The van der Waals surface area contributed by atoms with Gasteiger partial charge < -0.3 is 10.8 Å². The van der Waals surface area contributed by atoms with Crippen LogP contribution in [-0.4, -0.2) is 10.9 Å². The van der Waals surface area contributed by atoms with Crippen molar-refractivity contribution in [3.63, 3.8) is 0 Å². The summed E-state index contributed by atoms with van der Waals surface area (Å²) in [6.07, 6.45) is 0.874. The normalized spacial score (nSPS) is 27.3. The molecular weight excluding hydrogens is 188 g/mol. The van der Waals surface area contributed by atoms with Crippen LogP contribution in [0.3, 0.4) is 0 Å². The molecule has 0 spiro atoms. The number of phenolic OH excluding ortho intramolecular Hbond substituents is 1. The van der Waals surface area contributed by atoms with E-state index in [-0.39, 0.29) is 22.4 Å². The quantitative estimate of drug-likeness (QED) is 0.509. The molecule has 1 aliphatic carbocycles. The summed E-state index contributed by atoms with van der Waals surface area (Å²) < 4.78 is 0. The summed E-state index contributed by atoms with van der Waals surface area (Å²) in [5.41, 5.74) is 6.29. The van der Waals surface area contributed by atoms with Crippen molar-refractivity contribution in [1.29, 1.82) is 5.41 Å². The molecule has 1 fully saturated rings. The van der Waals surface area contributed by atoms with Crippen LogP contribution in [0.15, 0.2) is 24.3 Å². The Kier molecular flexibility index (Phi) is 1.84. The van der Waals surface area contributed by atoms with Gasteiger partial charge in [-0.1, -0.05) is 26.0 Å². The second kappa shape index (κ2) is 2.75. The van der Waals surface area contributed by atoms with Gasteiger partial charge in [0.2, 0.25) is 0 Å². The third-order valence-corrected chi connectivity index (χ3v) is 3.54. The lowest BCUT2D eigenvalue weighted by Gasteiger charge is -2.19. The molecular formula is C12H16N2O. The SMILES string of the molecule is CC1(C)CC1(C(=N)N)c1cccc(O)c1. The summed E-state index contributed by atoms with van der Waals surface area (Å²) in [7, 11) is 0. The zero-order valence-electron chi connectivity index (χ0n) is 9.04. The fourth-order valence-corrected chi connectivity index (χ4v) is 2.50. The minimum absolute atomic E-state index is 0.0205. The number of aromatic hydroxyl groups is 1. The molecule has 0 radical (unpaired) electrons. The van der Waals surface area contributed by atoms with Crippen molar-refractivity contribution in [3.05, 3.63) is 29.8 Å². The Morgan fingerprint density at radius 1 is 1.47 bits per heavy atom. The first-order chi connectivity index (χ1) is 6.90. The average molecular weight is 204 g/mol. The molecule has 1 unspecified atom stereocenters. The first-order valence-electron chi connectivity index (χ1n) is 5.04. The Morgan fingerprint density at radius 3 is 2.47 bits per heavy atom. The number of hydrogen-bond donors (Lipinski definition) is 3. The van der Waals surface area contributed by atoms with Crippen LogP contribution in [0.4, 0.5) is 0 Å². The Morgan fingerprint density at radius 2 is 2.07 bits per heavy atom. The van der Waals surface area contributed by atoms with Crippen LogP contribution < -0.4 is 5.73 Å². The van der Waals surface area contributed by atoms with E-state index in [0.717, 1.165) is 12.0 Å². The average Bonchev–Trinajstić information content (AvgIpc) is 2.71. The highest BCUT2D eigenvalue weighted by molar-refractivity contribution is 5.94. The molecule has 0 amide bonds. The van der Waals surface area contributed by atoms with Crippen LogP contribution in [0.2, 0.25) is 0 Å². The Hall–Kier alpha value is -1.51. The maximum absolute atomic E-state index is 9.44. The maximum atomic E-state index is 9.44. The molecule has 80 valence electrons. The van der Waals surface area contributed by atoms with E-state index in [2.05, 4.69) is 13.8 Å². The molecule has 1 saturated carbocycles. The fraction of sp³-hybridized carbons (Fsp3) is 0.417. The summed E-state index contributed by atoms with van der Waals surface area (Å²) >= 11 is 0. The second-order valence-corrected chi connectivity index (χ2v) is 4.93. The number of benzene rings is 1. The summed E-state index contributed by atoms with van der Waals surface area (Å²) in [5, 5.41) is 17.2. The van der Waals surface area contributed by atoms with Crippen LogP contribution in [0.25, 0.3) is 0 Å². The van der Waals surface area contributed by atoms with Crippen LogP contribution in [0.1, 0.15) is 25.8 Å². The molecule has 1 aliphatic rings. The molecule has 0 heterocycles. The number of rotatable bonds is 2. The predicted octanol–water partition coefficient (Wildman–Crippen LogP) is 2.00. The van der Waals surface area contributed by atoms with Crippen molar-refractivity contribution in [3.8, 4) is 5.75 Å². The summed E-state index contributed by atoms with van der Waals surface area (Å²) in [6, 6.07) is 7.06. The highest BCUT2D eigenvalue weighted by Crippen LogP contribution is 2.64. The number of nitrogens with two attached hydrogens (primary N) is 1. The van der Waals surface area contributed by atoms with Crippen LogP contribution in [-0.2, 0) is 5.41 Å². The molecule has 0 saturated heterocycles. The minimum Gasteiger partial charge on any atom is -0.508 e. The van der Waals surface area contributed by atoms with E-state index in [1.54, 1.807) is 18.2 Å². The van der Waals surface area contributed by atoms with Gasteiger partial charge in [0, 0.05) is 0 Å².